The van der Waals surface area contributed by atoms with E-state index in [1.165, 1.54) is 33.0 Å². The molecule has 0 aliphatic carbocycles. The molecule has 0 saturated carbocycles. The summed E-state index contributed by atoms with van der Waals surface area (Å²) in [6, 6.07) is 6.25. The van der Waals surface area contributed by atoms with Crippen molar-refractivity contribution in [3.63, 3.8) is 0 Å². The summed E-state index contributed by atoms with van der Waals surface area (Å²) in [5.74, 6) is -1.20. The Morgan fingerprint density at radius 3 is 2.11 bits per heavy atom. The lowest BCUT2D eigenvalue weighted by atomic mass is 10.1. The first-order chi connectivity index (χ1) is 8.10. The topological polar surface area (TPSA) is 74.7 Å². The van der Waals surface area contributed by atoms with Crippen LogP contribution in [0.1, 0.15) is 13.8 Å². The van der Waals surface area contributed by atoms with Gasteiger partial charge in [0.25, 0.3) is 0 Å². The fourth-order valence-corrected chi connectivity index (χ4v) is 3.03. The summed E-state index contributed by atoms with van der Waals surface area (Å²) in [4.78, 5) is 11.2. The third kappa shape index (κ3) is 2.83. The van der Waals surface area contributed by atoms with E-state index in [9.17, 15) is 13.2 Å². The van der Waals surface area contributed by atoms with Crippen LogP contribution in [0.2, 0.25) is 0 Å². The van der Waals surface area contributed by atoms with E-state index >= 15 is 0 Å². The van der Waals surface area contributed by atoms with Crippen molar-refractivity contribution in [2.45, 2.75) is 24.3 Å². The molecule has 0 bridgehead atoms. The van der Waals surface area contributed by atoms with Crippen molar-refractivity contribution in [2.75, 3.05) is 7.05 Å². The molecule has 0 aliphatic heterocycles. The van der Waals surface area contributed by atoms with E-state index in [2.05, 4.69) is 22.6 Å². The second-order valence-corrected chi connectivity index (χ2v) is 7.51. The lowest BCUT2D eigenvalue weighted by Crippen LogP contribution is -2.50. The van der Waals surface area contributed by atoms with E-state index in [-0.39, 0.29) is 4.90 Å². The number of nitrogens with zero attached hydrogens (tertiary/aromatic N) is 1. The third-order valence-electron chi connectivity index (χ3n) is 2.78. The zero-order valence-corrected chi connectivity index (χ0v) is 13.2. The van der Waals surface area contributed by atoms with Crippen molar-refractivity contribution in [1.82, 2.24) is 4.31 Å². The summed E-state index contributed by atoms with van der Waals surface area (Å²) in [7, 11) is -2.54. The average Bonchev–Trinajstić information content (AvgIpc) is 2.28. The number of halogens is 1. The molecule has 0 aliphatic rings. The molecule has 0 radical (unpaired) electrons. The van der Waals surface area contributed by atoms with Crippen LogP contribution in [0, 0.1) is 3.57 Å². The summed E-state index contributed by atoms with van der Waals surface area (Å²) < 4.78 is 26.3. The summed E-state index contributed by atoms with van der Waals surface area (Å²) in [5.41, 5.74) is -1.50. The summed E-state index contributed by atoms with van der Waals surface area (Å²) in [6.07, 6.45) is 0. The first-order valence-electron chi connectivity index (χ1n) is 5.08. The van der Waals surface area contributed by atoms with Crippen LogP contribution in [-0.2, 0) is 14.8 Å². The van der Waals surface area contributed by atoms with Crippen molar-refractivity contribution in [1.29, 1.82) is 0 Å². The van der Waals surface area contributed by atoms with E-state index in [1.807, 2.05) is 0 Å². The van der Waals surface area contributed by atoms with Crippen LogP contribution in [0.4, 0.5) is 0 Å². The number of aliphatic carboxylic acids is 1. The largest absolute Gasteiger partial charge is 0.480 e. The second-order valence-electron chi connectivity index (χ2n) is 4.29. The Kier molecular flexibility index (Phi) is 4.39. The van der Waals surface area contributed by atoms with Crippen LogP contribution in [0.3, 0.4) is 0 Å². The molecule has 0 aromatic heterocycles. The maximum absolute atomic E-state index is 12.3. The van der Waals surface area contributed by atoms with Crippen molar-refractivity contribution < 1.29 is 18.3 Å². The molecule has 0 saturated heterocycles. The van der Waals surface area contributed by atoms with Gasteiger partial charge in [0.1, 0.15) is 5.54 Å². The van der Waals surface area contributed by atoms with Gasteiger partial charge in [-0.1, -0.05) is 0 Å². The van der Waals surface area contributed by atoms with Gasteiger partial charge in [-0.15, -0.1) is 0 Å². The number of rotatable bonds is 4. The van der Waals surface area contributed by atoms with Gasteiger partial charge in [0, 0.05) is 10.6 Å². The maximum Gasteiger partial charge on any atom is 0.324 e. The lowest BCUT2D eigenvalue weighted by Gasteiger charge is -2.30. The van der Waals surface area contributed by atoms with Crippen molar-refractivity contribution in [3.05, 3.63) is 27.8 Å². The highest BCUT2D eigenvalue weighted by molar-refractivity contribution is 14.1. The van der Waals surface area contributed by atoms with Crippen LogP contribution >= 0.6 is 22.6 Å². The Morgan fingerprint density at radius 2 is 1.72 bits per heavy atom. The average molecular weight is 383 g/mol. The van der Waals surface area contributed by atoms with Gasteiger partial charge in [-0.25, -0.2) is 8.42 Å². The van der Waals surface area contributed by atoms with Gasteiger partial charge in [-0.3, -0.25) is 4.79 Å². The number of hydrogen-bond acceptors (Lipinski definition) is 3. The third-order valence-corrected chi connectivity index (χ3v) is 5.55. The molecule has 1 aromatic rings. The molecule has 7 heteroatoms. The van der Waals surface area contributed by atoms with Crippen LogP contribution in [0.15, 0.2) is 29.2 Å². The van der Waals surface area contributed by atoms with Gasteiger partial charge in [-0.2, -0.15) is 4.31 Å². The minimum Gasteiger partial charge on any atom is -0.480 e. The van der Waals surface area contributed by atoms with E-state index in [4.69, 9.17) is 5.11 Å². The monoisotopic (exact) mass is 383 g/mol. The molecule has 1 N–H and O–H groups in total. The lowest BCUT2D eigenvalue weighted by molar-refractivity contribution is -0.145. The molecular formula is C11H14INO4S. The molecule has 0 fully saturated rings. The molecule has 0 unspecified atom stereocenters. The number of benzene rings is 1. The molecule has 1 aromatic carbocycles. The Bertz CT molecular complexity index is 551. The molecule has 18 heavy (non-hydrogen) atoms. The molecule has 100 valence electrons. The number of likely N-dealkylation sites (N-methyl/N-ethyl adjacent to an activating group) is 1. The Balaban J connectivity index is 3.23. The Labute approximate surface area is 120 Å². The minimum absolute atomic E-state index is 0.0831. The summed E-state index contributed by atoms with van der Waals surface area (Å²) in [5, 5.41) is 9.06. The Hall–Kier alpha value is -0.670. The molecule has 0 heterocycles. The molecule has 0 atom stereocenters. The smallest absolute Gasteiger partial charge is 0.324 e. The van der Waals surface area contributed by atoms with Crippen LogP contribution in [-0.4, -0.2) is 36.4 Å². The highest BCUT2D eigenvalue weighted by Crippen LogP contribution is 2.23. The molecule has 5 nitrogen and oxygen atoms in total. The summed E-state index contributed by atoms with van der Waals surface area (Å²) >= 11 is 2.07. The zero-order valence-electron chi connectivity index (χ0n) is 10.2. The Morgan fingerprint density at radius 1 is 1.28 bits per heavy atom. The fraction of sp³-hybridized carbons (Fsp3) is 0.364. The SMILES string of the molecule is CN(C(C)(C)C(=O)O)S(=O)(=O)c1ccc(I)cc1. The van der Waals surface area contributed by atoms with Crippen LogP contribution in [0.25, 0.3) is 0 Å². The first kappa shape index (κ1) is 15.4. The van der Waals surface area contributed by atoms with Gasteiger partial charge in [0.15, 0.2) is 0 Å². The van der Waals surface area contributed by atoms with Gasteiger partial charge in [0.05, 0.1) is 4.90 Å². The van der Waals surface area contributed by atoms with Crippen molar-refractivity contribution >= 4 is 38.6 Å². The molecule has 0 spiro atoms. The van der Waals surface area contributed by atoms with Gasteiger partial charge in [-0.05, 0) is 60.7 Å². The summed E-state index contributed by atoms with van der Waals surface area (Å²) in [6.45, 7) is 2.69. The highest BCUT2D eigenvalue weighted by Gasteiger charge is 2.39. The van der Waals surface area contributed by atoms with E-state index in [0.29, 0.717) is 0 Å². The molecule has 0 amide bonds. The molecule has 1 rings (SSSR count). The predicted molar refractivity (Wildman–Crippen MR) is 75.8 cm³/mol. The van der Waals surface area contributed by atoms with Crippen molar-refractivity contribution in [2.24, 2.45) is 0 Å². The number of sulfonamides is 1. The van der Waals surface area contributed by atoms with E-state index in [1.54, 1.807) is 12.1 Å². The highest BCUT2D eigenvalue weighted by atomic mass is 127. The maximum atomic E-state index is 12.3. The number of carboxylic acid groups (broad SMARTS) is 1. The van der Waals surface area contributed by atoms with Crippen LogP contribution < -0.4 is 0 Å². The second kappa shape index (κ2) is 5.14. The predicted octanol–water partition coefficient (Wildman–Crippen LogP) is 1.77. The zero-order chi connectivity index (χ0) is 14.1. The fourth-order valence-electron chi connectivity index (χ4n) is 1.20. The van der Waals surface area contributed by atoms with Crippen LogP contribution in [0.5, 0.6) is 0 Å². The number of carbonyl (C=O) groups is 1. The minimum atomic E-state index is -3.81. The number of hydrogen-bond donors (Lipinski definition) is 1. The first-order valence-corrected chi connectivity index (χ1v) is 7.60. The van der Waals surface area contributed by atoms with Crippen molar-refractivity contribution in [3.8, 4) is 0 Å². The number of carboxylic acids is 1. The van der Waals surface area contributed by atoms with E-state index in [0.717, 1.165) is 7.88 Å². The standard InChI is InChI=1S/C11H14INO4S/c1-11(2,10(14)15)13(3)18(16,17)9-6-4-8(12)5-7-9/h4-7H,1-3H3,(H,14,15). The van der Waals surface area contributed by atoms with Gasteiger partial charge < -0.3 is 5.11 Å². The van der Waals surface area contributed by atoms with E-state index < -0.39 is 21.5 Å². The molecular weight excluding hydrogens is 369 g/mol. The quantitative estimate of drug-likeness (QED) is 0.805. The van der Waals surface area contributed by atoms with Gasteiger partial charge >= 0.3 is 5.97 Å². The van der Waals surface area contributed by atoms with Gasteiger partial charge in [0.2, 0.25) is 10.0 Å². The normalized spacial score (nSPS) is 12.7.